The molecule has 0 bridgehead atoms. The van der Waals surface area contributed by atoms with Crippen molar-refractivity contribution in [2.24, 2.45) is 5.92 Å². The minimum atomic E-state index is -0.350. The summed E-state index contributed by atoms with van der Waals surface area (Å²) < 4.78 is 15.2. The number of hydrogen-bond acceptors (Lipinski definition) is 3. The van der Waals surface area contributed by atoms with Crippen molar-refractivity contribution in [3.05, 3.63) is 94.8 Å². The first kappa shape index (κ1) is 28.3. The molecule has 1 unspecified atom stereocenters. The maximum Gasteiger partial charge on any atom is 0.230 e. The van der Waals surface area contributed by atoms with Crippen LogP contribution in [-0.2, 0) is 16.0 Å². The highest BCUT2D eigenvalue weighted by Gasteiger charge is 2.35. The molecule has 39 heavy (non-hydrogen) atoms. The quantitative estimate of drug-likeness (QED) is 0.345. The number of nitrogens with one attached hydrogen (secondary N) is 1. The molecule has 0 aromatic heterocycles. The lowest BCUT2D eigenvalue weighted by Gasteiger charge is -2.38. The van der Waals surface area contributed by atoms with Crippen molar-refractivity contribution in [1.82, 2.24) is 4.90 Å². The second-order valence-corrected chi connectivity index (χ2v) is 10.5. The lowest BCUT2D eigenvalue weighted by atomic mass is 9.79. The van der Waals surface area contributed by atoms with Gasteiger partial charge in [-0.3, -0.25) is 9.59 Å². The van der Waals surface area contributed by atoms with E-state index in [1.807, 2.05) is 81.1 Å². The Hall–Kier alpha value is -3.67. The Kier molecular flexibility index (Phi) is 9.39. The zero-order chi connectivity index (χ0) is 27.9. The number of carbonyl (C=O) groups excluding carboxylic acids is 2. The van der Waals surface area contributed by atoms with Gasteiger partial charge in [0.2, 0.25) is 11.8 Å². The summed E-state index contributed by atoms with van der Waals surface area (Å²) in [7, 11) is 0. The summed E-state index contributed by atoms with van der Waals surface area (Å²) >= 11 is 0. The van der Waals surface area contributed by atoms with E-state index in [4.69, 9.17) is 0 Å². The van der Waals surface area contributed by atoms with Crippen molar-refractivity contribution in [3.8, 4) is 0 Å². The lowest BCUT2D eigenvalue weighted by Crippen LogP contribution is -2.42. The van der Waals surface area contributed by atoms with E-state index < -0.39 is 0 Å². The Morgan fingerprint density at radius 3 is 2.31 bits per heavy atom. The van der Waals surface area contributed by atoms with Crippen molar-refractivity contribution in [2.75, 3.05) is 36.4 Å². The van der Waals surface area contributed by atoms with Gasteiger partial charge < -0.3 is 15.1 Å². The van der Waals surface area contributed by atoms with Crippen LogP contribution >= 0.6 is 0 Å². The number of nitrogens with zero attached hydrogens (tertiary/aromatic N) is 2. The van der Waals surface area contributed by atoms with Gasteiger partial charge in [-0.05, 0) is 86.9 Å². The topological polar surface area (TPSA) is 52.7 Å². The molecular formula is C33H40FN3O2. The van der Waals surface area contributed by atoms with Crippen LogP contribution in [0, 0.1) is 25.6 Å². The Bertz CT molecular complexity index is 1280. The normalized spacial score (nSPS) is 14.6. The average Bonchev–Trinajstić information content (AvgIpc) is 2.93. The predicted octanol–water partition coefficient (Wildman–Crippen LogP) is 6.49. The predicted molar refractivity (Wildman–Crippen MR) is 157 cm³/mol. The van der Waals surface area contributed by atoms with E-state index in [0.29, 0.717) is 37.6 Å². The molecule has 1 aliphatic heterocycles. The van der Waals surface area contributed by atoms with Crippen LogP contribution in [0.5, 0.6) is 0 Å². The summed E-state index contributed by atoms with van der Waals surface area (Å²) in [5.41, 5.74) is 5.27. The summed E-state index contributed by atoms with van der Waals surface area (Å²) in [6, 6.07) is 20.9. The SMILES string of the molecule is CCN(CC)C(=O)C(c1ccccc1)C1CCN(c2ccc(NC(=O)Cc3cccc(C)c3C)cc2F)CC1. The van der Waals surface area contributed by atoms with Gasteiger partial charge in [-0.2, -0.15) is 0 Å². The summed E-state index contributed by atoms with van der Waals surface area (Å²) in [6.07, 6.45) is 1.86. The van der Waals surface area contributed by atoms with Crippen LogP contribution in [0.4, 0.5) is 15.8 Å². The van der Waals surface area contributed by atoms with Crippen LogP contribution in [0.3, 0.4) is 0 Å². The van der Waals surface area contributed by atoms with Gasteiger partial charge in [0.05, 0.1) is 18.0 Å². The molecular weight excluding hydrogens is 489 g/mol. The number of amides is 2. The first-order valence-corrected chi connectivity index (χ1v) is 14.1. The second-order valence-electron chi connectivity index (χ2n) is 10.5. The van der Waals surface area contributed by atoms with Gasteiger partial charge in [0.1, 0.15) is 5.82 Å². The number of benzene rings is 3. The molecule has 3 aromatic rings. The van der Waals surface area contributed by atoms with Crippen molar-refractivity contribution in [3.63, 3.8) is 0 Å². The molecule has 1 fully saturated rings. The van der Waals surface area contributed by atoms with E-state index in [2.05, 4.69) is 10.2 Å². The highest BCUT2D eigenvalue weighted by Crippen LogP contribution is 2.36. The van der Waals surface area contributed by atoms with Gasteiger partial charge in [0.25, 0.3) is 0 Å². The largest absolute Gasteiger partial charge is 0.369 e. The minimum absolute atomic E-state index is 0.165. The number of halogens is 1. The number of likely N-dealkylation sites (N-methyl/N-ethyl adjacent to an activating group) is 1. The number of aryl methyl sites for hydroxylation is 1. The molecule has 0 radical (unpaired) electrons. The molecule has 4 rings (SSSR count). The molecule has 206 valence electrons. The van der Waals surface area contributed by atoms with Crippen LogP contribution in [0.2, 0.25) is 0 Å². The molecule has 1 N–H and O–H groups in total. The van der Waals surface area contributed by atoms with Gasteiger partial charge in [0, 0.05) is 31.9 Å². The van der Waals surface area contributed by atoms with Gasteiger partial charge in [-0.25, -0.2) is 4.39 Å². The first-order valence-electron chi connectivity index (χ1n) is 14.1. The Labute approximate surface area is 232 Å². The van der Waals surface area contributed by atoms with Gasteiger partial charge >= 0.3 is 0 Å². The number of hydrogen-bond donors (Lipinski definition) is 1. The molecule has 1 saturated heterocycles. The van der Waals surface area contributed by atoms with E-state index >= 15 is 4.39 Å². The third-order valence-electron chi connectivity index (χ3n) is 8.15. The molecule has 2 amide bonds. The lowest BCUT2D eigenvalue weighted by molar-refractivity contribution is -0.134. The number of carbonyl (C=O) groups is 2. The molecule has 1 atom stereocenters. The van der Waals surface area contributed by atoms with E-state index in [1.54, 1.807) is 12.1 Å². The van der Waals surface area contributed by atoms with Crippen molar-refractivity contribution in [2.45, 2.75) is 52.9 Å². The summed E-state index contributed by atoms with van der Waals surface area (Å²) in [4.78, 5) is 30.1. The third kappa shape index (κ3) is 6.67. The van der Waals surface area contributed by atoms with E-state index in [1.165, 1.54) is 6.07 Å². The molecule has 3 aromatic carbocycles. The third-order valence-corrected chi connectivity index (χ3v) is 8.15. The Morgan fingerprint density at radius 1 is 0.974 bits per heavy atom. The fraction of sp³-hybridized carbons (Fsp3) is 0.394. The molecule has 0 saturated carbocycles. The number of anilines is 2. The fourth-order valence-electron chi connectivity index (χ4n) is 5.71. The zero-order valence-electron chi connectivity index (χ0n) is 23.5. The zero-order valence-corrected chi connectivity index (χ0v) is 23.5. The molecule has 0 spiro atoms. The molecule has 0 aliphatic carbocycles. The molecule has 1 heterocycles. The highest BCUT2D eigenvalue weighted by molar-refractivity contribution is 5.92. The van der Waals surface area contributed by atoms with Crippen LogP contribution in [0.25, 0.3) is 0 Å². The van der Waals surface area contributed by atoms with Gasteiger partial charge in [0.15, 0.2) is 0 Å². The fourth-order valence-corrected chi connectivity index (χ4v) is 5.71. The van der Waals surface area contributed by atoms with Gasteiger partial charge in [-0.1, -0.05) is 48.5 Å². The van der Waals surface area contributed by atoms with Crippen LogP contribution < -0.4 is 10.2 Å². The van der Waals surface area contributed by atoms with Crippen molar-refractivity contribution in [1.29, 1.82) is 0 Å². The number of piperidine rings is 1. The van der Waals surface area contributed by atoms with E-state index in [0.717, 1.165) is 35.1 Å². The van der Waals surface area contributed by atoms with E-state index in [9.17, 15) is 9.59 Å². The monoisotopic (exact) mass is 529 g/mol. The van der Waals surface area contributed by atoms with Crippen LogP contribution in [0.15, 0.2) is 66.7 Å². The minimum Gasteiger partial charge on any atom is -0.369 e. The van der Waals surface area contributed by atoms with Crippen LogP contribution in [-0.4, -0.2) is 42.9 Å². The Morgan fingerprint density at radius 2 is 1.67 bits per heavy atom. The standard InChI is InChI=1S/C33H40FN3O2/c1-5-36(6-2)33(39)32(25-12-8-7-9-13-25)26-17-19-37(20-18-26)30-16-15-28(22-29(30)34)35-31(38)21-27-14-10-11-23(3)24(27)4/h7-16,22,26,32H,5-6,17-21H2,1-4H3,(H,35,38). The summed E-state index contributed by atoms with van der Waals surface area (Å²) in [5.74, 6) is -0.328. The Balaban J connectivity index is 1.41. The van der Waals surface area contributed by atoms with Gasteiger partial charge in [-0.15, -0.1) is 0 Å². The molecule has 6 heteroatoms. The van der Waals surface area contributed by atoms with Crippen LogP contribution in [0.1, 0.15) is 54.9 Å². The van der Waals surface area contributed by atoms with Crippen molar-refractivity contribution >= 4 is 23.2 Å². The molecule has 1 aliphatic rings. The first-order chi connectivity index (χ1) is 18.8. The molecule has 5 nitrogen and oxygen atoms in total. The smallest absolute Gasteiger partial charge is 0.230 e. The summed E-state index contributed by atoms with van der Waals surface area (Å²) in [6.45, 7) is 10.8. The maximum absolute atomic E-state index is 15.2. The highest BCUT2D eigenvalue weighted by atomic mass is 19.1. The second kappa shape index (κ2) is 12.9. The van der Waals surface area contributed by atoms with Crippen molar-refractivity contribution < 1.29 is 14.0 Å². The average molecular weight is 530 g/mol. The number of rotatable bonds is 9. The maximum atomic E-state index is 15.2. The summed E-state index contributed by atoms with van der Waals surface area (Å²) in [5, 5.41) is 2.84. The van der Waals surface area contributed by atoms with E-state index in [-0.39, 0.29) is 35.9 Å².